The number of carbonyl (C=O) groups is 1. The molecule has 0 aliphatic heterocycles. The van der Waals surface area contributed by atoms with Gasteiger partial charge in [0.1, 0.15) is 0 Å². The molecule has 68 valence electrons. The molecule has 0 aliphatic carbocycles. The maximum absolute atomic E-state index is 8.56. The molecule has 7 heteroatoms. The summed E-state index contributed by atoms with van der Waals surface area (Å²) in [5.74, 6) is 0. The average molecular weight is 237 g/mol. The van der Waals surface area contributed by atoms with Crippen LogP contribution in [0, 0.1) is 0 Å². The van der Waals surface area contributed by atoms with Crippen molar-refractivity contribution in [3.63, 3.8) is 0 Å². The fourth-order valence-electron chi connectivity index (χ4n) is 0.291. The minimum atomic E-state index is -1.83. The number of nitrogens with one attached hydrogen (secondary N) is 1. The van der Waals surface area contributed by atoms with Crippen molar-refractivity contribution in [3.05, 3.63) is 0 Å². The van der Waals surface area contributed by atoms with Gasteiger partial charge in [0.15, 0.2) is 0 Å². The summed E-state index contributed by atoms with van der Waals surface area (Å²) in [6.07, 6.45) is 0.631. The van der Waals surface area contributed by atoms with E-state index in [-0.39, 0.29) is 51.4 Å². The molecule has 0 bridgehead atoms. The number of rotatable bonds is 4. The Bertz CT molecular complexity index is 88.8. The molecule has 0 heterocycles. The minimum absolute atomic E-state index is 0. The Hall–Kier alpha value is 1.57. The van der Waals surface area contributed by atoms with Gasteiger partial charge in [0.2, 0.25) is 0 Å². The van der Waals surface area contributed by atoms with E-state index >= 15 is 0 Å². The predicted molar refractivity (Wildman–Crippen MR) is 48.5 cm³/mol. The molecular formula is C5H12KNO3S2. The summed E-state index contributed by atoms with van der Waals surface area (Å²) < 4.78 is 2.98. The Morgan fingerprint density at radius 1 is 1.58 bits per heavy atom. The van der Waals surface area contributed by atoms with Gasteiger partial charge in [-0.2, -0.15) is 0 Å². The van der Waals surface area contributed by atoms with E-state index in [4.69, 9.17) is 15.0 Å². The van der Waals surface area contributed by atoms with Gasteiger partial charge in [0.25, 0.3) is 0 Å². The van der Waals surface area contributed by atoms with Gasteiger partial charge in [0, 0.05) is 6.54 Å². The molecule has 0 radical (unpaired) electrons. The van der Waals surface area contributed by atoms with E-state index in [1.54, 1.807) is 0 Å². The minimum Gasteiger partial charge on any atom is -0.702 e. The molecule has 0 fully saturated rings. The van der Waals surface area contributed by atoms with Crippen LogP contribution in [0.3, 0.4) is 0 Å². The van der Waals surface area contributed by atoms with E-state index in [2.05, 4.69) is 23.3 Å². The zero-order chi connectivity index (χ0) is 9.11. The van der Waals surface area contributed by atoms with Crippen molar-refractivity contribution >= 4 is 28.8 Å². The van der Waals surface area contributed by atoms with Crippen molar-refractivity contribution in [1.29, 1.82) is 0 Å². The molecule has 0 rings (SSSR count). The van der Waals surface area contributed by atoms with Crippen LogP contribution in [-0.2, 0) is 11.7 Å². The zero-order valence-electron chi connectivity index (χ0n) is 7.24. The first kappa shape index (κ1) is 19.2. The van der Waals surface area contributed by atoms with Crippen molar-refractivity contribution in [1.82, 2.24) is 4.72 Å². The molecule has 0 saturated heterocycles. The normalized spacial score (nSPS) is 7.50. The van der Waals surface area contributed by atoms with Crippen LogP contribution in [0.2, 0.25) is 0 Å². The van der Waals surface area contributed by atoms with Crippen LogP contribution in [0.1, 0.15) is 19.8 Å². The monoisotopic (exact) mass is 237 g/mol. The first-order valence-corrected chi connectivity index (χ1v) is 4.82. The Morgan fingerprint density at radius 3 is 2.25 bits per heavy atom. The smallest absolute Gasteiger partial charge is 0.702 e. The largest absolute Gasteiger partial charge is 1.00 e. The second-order valence-electron chi connectivity index (χ2n) is 1.61. The van der Waals surface area contributed by atoms with E-state index in [9.17, 15) is 0 Å². The third-order valence-corrected chi connectivity index (χ3v) is 1.37. The topological polar surface area (TPSA) is 69.6 Å². The van der Waals surface area contributed by atoms with E-state index < -0.39 is 6.16 Å². The second kappa shape index (κ2) is 18.4. The van der Waals surface area contributed by atoms with Gasteiger partial charge in [-0.05, 0) is 6.42 Å². The number of hydrogen-bond donors (Lipinski definition) is 3. The van der Waals surface area contributed by atoms with Crippen LogP contribution in [0.25, 0.3) is 0 Å². The molecule has 4 nitrogen and oxygen atoms in total. The van der Waals surface area contributed by atoms with Crippen LogP contribution in [0.15, 0.2) is 0 Å². The molecule has 0 aliphatic rings. The van der Waals surface area contributed by atoms with Crippen LogP contribution < -0.4 is 56.1 Å². The molecule has 0 atom stereocenters. The molecule has 0 aromatic heterocycles. The second-order valence-corrected chi connectivity index (χ2v) is 2.57. The third-order valence-electron chi connectivity index (χ3n) is 0.691. The van der Waals surface area contributed by atoms with Gasteiger partial charge < -0.3 is 21.9 Å². The van der Waals surface area contributed by atoms with Crippen LogP contribution in [0.4, 0.5) is 4.79 Å². The van der Waals surface area contributed by atoms with Crippen molar-refractivity contribution in [2.45, 2.75) is 19.8 Å². The Balaban J connectivity index is -0.000000142. The number of unbranched alkanes of at least 4 members (excludes halogenated alkanes) is 1. The van der Waals surface area contributed by atoms with Gasteiger partial charge in [0.05, 0.1) is 0 Å². The first-order chi connectivity index (χ1) is 5.15. The van der Waals surface area contributed by atoms with E-state index in [1.165, 1.54) is 23.8 Å². The summed E-state index contributed by atoms with van der Waals surface area (Å²) >= 11 is 4.57. The molecule has 0 aromatic carbocycles. The van der Waals surface area contributed by atoms with Gasteiger partial charge >= 0.3 is 57.5 Å². The molecular weight excluding hydrogens is 225 g/mol. The summed E-state index contributed by atoms with van der Waals surface area (Å²) in [5, 5.41) is 13.9. The maximum atomic E-state index is 8.56. The van der Waals surface area contributed by atoms with Crippen molar-refractivity contribution < 1.29 is 66.4 Å². The first-order valence-electron chi connectivity index (χ1n) is 3.08. The van der Waals surface area contributed by atoms with Crippen LogP contribution in [0.5, 0.6) is 0 Å². The molecule has 0 unspecified atom stereocenters. The molecule has 12 heavy (non-hydrogen) atoms. The Kier molecular flexibility index (Phi) is 29.4. The van der Waals surface area contributed by atoms with E-state index in [0.717, 1.165) is 6.54 Å². The molecule has 0 amide bonds. The maximum Gasteiger partial charge on any atom is 1.00 e. The molecule has 0 aromatic rings. The van der Waals surface area contributed by atoms with Crippen molar-refractivity contribution in [2.75, 3.05) is 6.54 Å². The zero-order valence-corrected chi connectivity index (χ0v) is 12.0. The van der Waals surface area contributed by atoms with Crippen LogP contribution in [-0.4, -0.2) is 22.9 Å². The van der Waals surface area contributed by atoms with Crippen LogP contribution >= 0.6 is 11.0 Å². The predicted octanol–water partition coefficient (Wildman–Crippen LogP) is -1.29. The number of carboxylic acid groups (broad SMARTS) is 2. The van der Waals surface area contributed by atoms with E-state index in [1.807, 2.05) is 0 Å². The van der Waals surface area contributed by atoms with E-state index in [0.29, 0.717) is 0 Å². The van der Waals surface area contributed by atoms with Crippen molar-refractivity contribution in [3.8, 4) is 0 Å². The number of hydrogen-bond acceptors (Lipinski definition) is 4. The summed E-state index contributed by atoms with van der Waals surface area (Å²) in [6.45, 7) is 3.21. The third kappa shape index (κ3) is 41.7. The summed E-state index contributed by atoms with van der Waals surface area (Å²) in [7, 11) is 1.27. The molecule has 0 spiro atoms. The average Bonchev–Trinajstić information content (AvgIpc) is 1.88. The Labute approximate surface area is 124 Å². The van der Waals surface area contributed by atoms with Gasteiger partial charge in [-0.1, -0.05) is 13.3 Å². The quantitative estimate of drug-likeness (QED) is 0.186. The molecule has 0 saturated carbocycles. The van der Waals surface area contributed by atoms with Gasteiger partial charge in [-0.3, -0.25) is 15.7 Å². The fourth-order valence-corrected chi connectivity index (χ4v) is 0.768. The van der Waals surface area contributed by atoms with Gasteiger partial charge in [-0.25, -0.2) is 4.79 Å². The fraction of sp³-hybridized carbons (Fsp3) is 0.800. The van der Waals surface area contributed by atoms with Crippen molar-refractivity contribution in [2.24, 2.45) is 0 Å². The summed E-state index contributed by atoms with van der Waals surface area (Å²) in [5.41, 5.74) is 0. The summed E-state index contributed by atoms with van der Waals surface area (Å²) in [4.78, 5) is 8.56. The summed E-state index contributed by atoms with van der Waals surface area (Å²) in [6, 6.07) is 0. The van der Waals surface area contributed by atoms with Gasteiger partial charge in [-0.15, -0.1) is 0 Å². The molecule has 3 N–H and O–H groups in total. The Morgan fingerprint density at radius 2 is 2.00 bits per heavy atom. The standard InChI is InChI=1S/C4H11NS2.CH2O3.K/c1-2-3-4-5-7-6;2-1(3)4;/h5-6H,2-4H2,1H3;(H2,2,3,4);/q;;+1/p-1. The SMILES string of the molecule is CCCCNS[S-].O=C(O)O.[K+].